The normalized spacial score (nSPS) is 12.8. The van der Waals surface area contributed by atoms with Crippen LogP contribution in [0.2, 0.25) is 0 Å². The van der Waals surface area contributed by atoms with E-state index in [0.29, 0.717) is 12.2 Å². The molecule has 0 aromatic carbocycles. The van der Waals surface area contributed by atoms with Crippen LogP contribution < -0.4 is 4.74 Å². The van der Waals surface area contributed by atoms with Crippen molar-refractivity contribution in [3.8, 4) is 11.8 Å². The SMILES string of the molecule is CCC(C#N)Oc1cc(C(C)(C)C)sc1C(=O)O. The molecule has 18 heavy (non-hydrogen) atoms. The predicted molar refractivity (Wildman–Crippen MR) is 70.3 cm³/mol. The van der Waals surface area contributed by atoms with Gasteiger partial charge in [0.25, 0.3) is 0 Å². The Hall–Kier alpha value is -1.54. The van der Waals surface area contributed by atoms with Gasteiger partial charge in [-0.05, 0) is 17.9 Å². The molecule has 1 aromatic heterocycles. The standard InChI is InChI=1S/C13H17NO3S/c1-5-8(7-14)17-9-6-10(13(2,3)4)18-11(9)12(15)16/h6,8H,5H2,1-4H3,(H,15,16). The molecule has 1 N–H and O–H groups in total. The fourth-order valence-electron chi connectivity index (χ4n) is 1.33. The van der Waals surface area contributed by atoms with Crippen LogP contribution in [0.25, 0.3) is 0 Å². The average Bonchev–Trinajstić information content (AvgIpc) is 2.69. The minimum absolute atomic E-state index is 0.134. The summed E-state index contributed by atoms with van der Waals surface area (Å²) in [5.74, 6) is -0.718. The van der Waals surface area contributed by atoms with Crippen LogP contribution in [0, 0.1) is 11.3 Å². The van der Waals surface area contributed by atoms with E-state index in [9.17, 15) is 4.79 Å². The number of rotatable bonds is 4. The molecule has 1 rings (SSSR count). The number of hydrogen-bond donors (Lipinski definition) is 1. The zero-order valence-corrected chi connectivity index (χ0v) is 11.8. The van der Waals surface area contributed by atoms with Crippen LogP contribution in [0.3, 0.4) is 0 Å². The smallest absolute Gasteiger partial charge is 0.349 e. The molecule has 1 aromatic rings. The highest BCUT2D eigenvalue weighted by atomic mass is 32.1. The Labute approximate surface area is 111 Å². The topological polar surface area (TPSA) is 70.3 Å². The summed E-state index contributed by atoms with van der Waals surface area (Å²) >= 11 is 1.20. The Morgan fingerprint density at radius 3 is 2.61 bits per heavy atom. The van der Waals surface area contributed by atoms with Gasteiger partial charge in [-0.2, -0.15) is 5.26 Å². The third kappa shape index (κ3) is 3.23. The number of aromatic carboxylic acids is 1. The van der Waals surface area contributed by atoms with E-state index in [0.717, 1.165) is 4.88 Å². The van der Waals surface area contributed by atoms with Crippen molar-refractivity contribution in [2.45, 2.75) is 45.6 Å². The van der Waals surface area contributed by atoms with Crippen molar-refractivity contribution in [3.63, 3.8) is 0 Å². The molecule has 5 heteroatoms. The van der Waals surface area contributed by atoms with Crippen molar-refractivity contribution in [1.29, 1.82) is 5.26 Å². The lowest BCUT2D eigenvalue weighted by Gasteiger charge is -2.15. The largest absolute Gasteiger partial charge is 0.477 e. The number of hydrogen-bond acceptors (Lipinski definition) is 4. The van der Waals surface area contributed by atoms with Crippen LogP contribution in [-0.2, 0) is 5.41 Å². The second-order valence-electron chi connectivity index (χ2n) is 5.00. The van der Waals surface area contributed by atoms with Gasteiger partial charge in [0.15, 0.2) is 11.0 Å². The van der Waals surface area contributed by atoms with Crippen LogP contribution in [0.4, 0.5) is 0 Å². The maximum Gasteiger partial charge on any atom is 0.349 e. The Bertz CT molecular complexity index is 479. The molecule has 0 aliphatic heterocycles. The van der Waals surface area contributed by atoms with Crippen LogP contribution in [0.5, 0.6) is 5.75 Å². The number of ether oxygens (including phenoxy) is 1. The zero-order valence-electron chi connectivity index (χ0n) is 11.0. The summed E-state index contributed by atoms with van der Waals surface area (Å²) in [6.07, 6.45) is -0.0819. The van der Waals surface area contributed by atoms with E-state index in [1.807, 2.05) is 33.8 Å². The first-order valence-corrected chi connectivity index (χ1v) is 6.55. The summed E-state index contributed by atoms with van der Waals surface area (Å²) in [7, 11) is 0. The molecule has 0 saturated heterocycles. The van der Waals surface area contributed by atoms with Gasteiger partial charge in [0.1, 0.15) is 11.8 Å². The Balaban J connectivity index is 3.14. The van der Waals surface area contributed by atoms with Gasteiger partial charge in [-0.1, -0.05) is 27.7 Å². The molecule has 0 amide bonds. The summed E-state index contributed by atoms with van der Waals surface area (Å²) in [5, 5.41) is 18.0. The van der Waals surface area contributed by atoms with Crippen molar-refractivity contribution in [2.24, 2.45) is 0 Å². The van der Waals surface area contributed by atoms with E-state index in [-0.39, 0.29) is 10.3 Å². The van der Waals surface area contributed by atoms with E-state index in [1.54, 1.807) is 6.07 Å². The quantitative estimate of drug-likeness (QED) is 0.907. The zero-order chi connectivity index (χ0) is 13.9. The summed E-state index contributed by atoms with van der Waals surface area (Å²) in [6, 6.07) is 3.73. The van der Waals surface area contributed by atoms with Crippen LogP contribution in [0.15, 0.2) is 6.07 Å². The van der Waals surface area contributed by atoms with Crippen LogP contribution >= 0.6 is 11.3 Å². The average molecular weight is 267 g/mol. The van der Waals surface area contributed by atoms with Gasteiger partial charge >= 0.3 is 5.97 Å². The van der Waals surface area contributed by atoms with E-state index >= 15 is 0 Å². The van der Waals surface area contributed by atoms with Gasteiger partial charge in [0, 0.05) is 4.88 Å². The highest BCUT2D eigenvalue weighted by molar-refractivity contribution is 7.14. The Morgan fingerprint density at radius 1 is 1.61 bits per heavy atom. The Kier molecular flexibility index (Phi) is 4.36. The maximum atomic E-state index is 11.2. The number of nitrogens with zero attached hydrogens (tertiary/aromatic N) is 1. The monoisotopic (exact) mass is 267 g/mol. The minimum Gasteiger partial charge on any atom is -0.477 e. The molecule has 1 heterocycles. The van der Waals surface area contributed by atoms with Crippen molar-refractivity contribution in [1.82, 2.24) is 0 Å². The predicted octanol–water partition coefficient (Wildman–Crippen LogP) is 3.42. The molecule has 4 nitrogen and oxygen atoms in total. The molecule has 0 fully saturated rings. The van der Waals surface area contributed by atoms with Gasteiger partial charge in [-0.25, -0.2) is 4.79 Å². The van der Waals surface area contributed by atoms with Crippen molar-refractivity contribution in [3.05, 3.63) is 15.8 Å². The fraction of sp³-hybridized carbons (Fsp3) is 0.538. The van der Waals surface area contributed by atoms with E-state index in [2.05, 4.69) is 0 Å². The van der Waals surface area contributed by atoms with Gasteiger partial charge in [-0.15, -0.1) is 11.3 Å². The molecule has 98 valence electrons. The lowest BCUT2D eigenvalue weighted by molar-refractivity contribution is 0.0696. The molecule has 1 atom stereocenters. The highest BCUT2D eigenvalue weighted by Gasteiger charge is 2.24. The second-order valence-corrected chi connectivity index (χ2v) is 6.06. The number of thiophene rings is 1. The number of carboxylic acids is 1. The lowest BCUT2D eigenvalue weighted by Crippen LogP contribution is -2.13. The third-order valence-corrected chi connectivity index (χ3v) is 3.95. The summed E-state index contributed by atoms with van der Waals surface area (Å²) < 4.78 is 5.45. The number of carbonyl (C=O) groups is 1. The third-order valence-electron chi connectivity index (χ3n) is 2.42. The van der Waals surface area contributed by atoms with E-state index < -0.39 is 12.1 Å². The first-order valence-electron chi connectivity index (χ1n) is 5.73. The lowest BCUT2D eigenvalue weighted by atomic mass is 9.95. The maximum absolute atomic E-state index is 11.2. The fourth-order valence-corrected chi connectivity index (χ4v) is 2.32. The molecule has 0 aliphatic carbocycles. The molecule has 0 bridgehead atoms. The van der Waals surface area contributed by atoms with Gasteiger partial charge < -0.3 is 9.84 Å². The van der Waals surface area contributed by atoms with E-state index in [1.165, 1.54) is 11.3 Å². The van der Waals surface area contributed by atoms with Gasteiger partial charge in [0.2, 0.25) is 0 Å². The van der Waals surface area contributed by atoms with Crippen molar-refractivity contribution >= 4 is 17.3 Å². The second kappa shape index (κ2) is 5.40. The Morgan fingerprint density at radius 2 is 2.22 bits per heavy atom. The van der Waals surface area contributed by atoms with Crippen molar-refractivity contribution < 1.29 is 14.6 Å². The van der Waals surface area contributed by atoms with Gasteiger partial charge in [0.05, 0.1) is 0 Å². The summed E-state index contributed by atoms with van der Waals surface area (Å²) in [6.45, 7) is 7.85. The van der Waals surface area contributed by atoms with Crippen molar-refractivity contribution in [2.75, 3.05) is 0 Å². The van der Waals surface area contributed by atoms with Crippen LogP contribution in [0.1, 0.15) is 48.7 Å². The molecule has 0 spiro atoms. The molecular formula is C13H17NO3S. The highest BCUT2D eigenvalue weighted by Crippen LogP contribution is 2.37. The molecular weight excluding hydrogens is 250 g/mol. The summed E-state index contributed by atoms with van der Waals surface area (Å²) in [4.78, 5) is 12.3. The number of carboxylic acid groups (broad SMARTS) is 1. The molecule has 1 unspecified atom stereocenters. The molecule has 0 radical (unpaired) electrons. The van der Waals surface area contributed by atoms with Crippen LogP contribution in [-0.4, -0.2) is 17.2 Å². The number of nitriles is 1. The van der Waals surface area contributed by atoms with Gasteiger partial charge in [-0.3, -0.25) is 0 Å². The first kappa shape index (κ1) is 14.5. The first-order chi connectivity index (χ1) is 8.29. The molecule has 0 saturated carbocycles. The molecule has 0 aliphatic rings. The van der Waals surface area contributed by atoms with E-state index in [4.69, 9.17) is 15.1 Å². The summed E-state index contributed by atoms with van der Waals surface area (Å²) in [5.41, 5.74) is -0.134. The minimum atomic E-state index is -1.02.